The van der Waals surface area contributed by atoms with E-state index in [-0.39, 0.29) is 12.5 Å². The highest BCUT2D eigenvalue weighted by atomic mass is 16.6. The molecule has 2 atom stereocenters. The summed E-state index contributed by atoms with van der Waals surface area (Å²) < 4.78 is 10.4. The predicted octanol–water partition coefficient (Wildman–Crippen LogP) is 2.66. The monoisotopic (exact) mass is 349 g/mol. The Bertz CT molecular complexity index is 599. The van der Waals surface area contributed by atoms with Crippen LogP contribution in [0.4, 0.5) is 9.59 Å². The third-order valence-corrected chi connectivity index (χ3v) is 3.10. The SMILES string of the molecule is CC(C)(C)OC(=O)NCC#C[C@H]1C[C@@H](C#N)N(C(=O)OC(C)(C)C)C1. The second-order valence-electron chi connectivity index (χ2n) is 7.89. The van der Waals surface area contributed by atoms with Crippen LogP contribution in [0, 0.1) is 29.1 Å². The van der Waals surface area contributed by atoms with Gasteiger partial charge in [-0.3, -0.25) is 4.90 Å². The Hall–Kier alpha value is -2.41. The van der Waals surface area contributed by atoms with Gasteiger partial charge in [0, 0.05) is 12.5 Å². The third-order valence-electron chi connectivity index (χ3n) is 3.10. The van der Waals surface area contributed by atoms with Crippen molar-refractivity contribution in [2.24, 2.45) is 5.92 Å². The van der Waals surface area contributed by atoms with Gasteiger partial charge < -0.3 is 14.8 Å². The van der Waals surface area contributed by atoms with E-state index in [2.05, 4.69) is 23.2 Å². The summed E-state index contributed by atoms with van der Waals surface area (Å²) in [5, 5.41) is 11.8. The number of alkyl carbamates (subject to hydrolysis) is 1. The van der Waals surface area contributed by atoms with Gasteiger partial charge in [-0.2, -0.15) is 5.26 Å². The zero-order valence-electron chi connectivity index (χ0n) is 15.8. The Morgan fingerprint density at radius 2 is 1.76 bits per heavy atom. The van der Waals surface area contributed by atoms with Crippen molar-refractivity contribution in [2.45, 2.75) is 65.2 Å². The highest BCUT2D eigenvalue weighted by molar-refractivity contribution is 5.69. The summed E-state index contributed by atoms with van der Waals surface area (Å²) in [6, 6.07) is 1.56. The number of ether oxygens (including phenoxy) is 2. The van der Waals surface area contributed by atoms with Crippen molar-refractivity contribution in [3.05, 3.63) is 0 Å². The number of hydrogen-bond acceptors (Lipinski definition) is 5. The Kier molecular flexibility index (Phi) is 6.70. The molecule has 0 aromatic heterocycles. The minimum absolute atomic E-state index is 0.127. The number of rotatable bonds is 1. The lowest BCUT2D eigenvalue weighted by Crippen LogP contribution is -2.39. The van der Waals surface area contributed by atoms with Gasteiger partial charge in [-0.05, 0) is 48.0 Å². The fourth-order valence-corrected chi connectivity index (χ4v) is 2.21. The maximum Gasteiger partial charge on any atom is 0.411 e. The Balaban J connectivity index is 2.53. The summed E-state index contributed by atoms with van der Waals surface area (Å²) in [7, 11) is 0. The number of amides is 2. The van der Waals surface area contributed by atoms with Crippen LogP contribution in [0.5, 0.6) is 0 Å². The molecule has 1 heterocycles. The van der Waals surface area contributed by atoms with Crippen LogP contribution in [0.3, 0.4) is 0 Å². The van der Waals surface area contributed by atoms with Gasteiger partial charge >= 0.3 is 12.2 Å². The molecule has 0 bridgehead atoms. The average Bonchev–Trinajstić information content (AvgIpc) is 2.83. The molecule has 0 unspecified atom stereocenters. The van der Waals surface area contributed by atoms with Crippen molar-refractivity contribution in [1.82, 2.24) is 10.2 Å². The Morgan fingerprint density at radius 1 is 1.16 bits per heavy atom. The second-order valence-corrected chi connectivity index (χ2v) is 7.89. The van der Waals surface area contributed by atoms with E-state index in [4.69, 9.17) is 9.47 Å². The molecule has 0 aromatic carbocycles. The molecule has 1 aliphatic rings. The molecule has 0 aliphatic carbocycles. The van der Waals surface area contributed by atoms with Gasteiger partial charge in [0.25, 0.3) is 0 Å². The minimum atomic E-state index is -0.613. The van der Waals surface area contributed by atoms with Crippen molar-refractivity contribution in [3.8, 4) is 17.9 Å². The number of carbonyl (C=O) groups excluding carboxylic acids is 2. The molecule has 0 radical (unpaired) electrons. The van der Waals surface area contributed by atoms with Gasteiger partial charge in [-0.15, -0.1) is 0 Å². The fourth-order valence-electron chi connectivity index (χ4n) is 2.21. The smallest absolute Gasteiger partial charge is 0.411 e. The zero-order valence-corrected chi connectivity index (χ0v) is 15.8. The molecule has 0 spiro atoms. The molecule has 7 nitrogen and oxygen atoms in total. The molecule has 7 heteroatoms. The molecule has 1 saturated heterocycles. The Labute approximate surface area is 149 Å². The lowest BCUT2D eigenvalue weighted by molar-refractivity contribution is 0.0256. The van der Waals surface area contributed by atoms with Crippen LogP contribution in [-0.2, 0) is 9.47 Å². The summed E-state index contributed by atoms with van der Waals surface area (Å²) in [5.74, 6) is 5.71. The maximum absolute atomic E-state index is 12.2. The van der Waals surface area contributed by atoms with E-state index in [1.54, 1.807) is 41.5 Å². The van der Waals surface area contributed by atoms with Crippen LogP contribution in [-0.4, -0.2) is 47.4 Å². The lowest BCUT2D eigenvalue weighted by Gasteiger charge is -2.25. The van der Waals surface area contributed by atoms with E-state index < -0.39 is 29.4 Å². The molecular formula is C18H27N3O4. The molecule has 2 amide bonds. The number of carbonyl (C=O) groups is 2. The van der Waals surface area contributed by atoms with Crippen LogP contribution in [0.15, 0.2) is 0 Å². The van der Waals surface area contributed by atoms with E-state index in [1.165, 1.54) is 4.90 Å². The van der Waals surface area contributed by atoms with Crippen LogP contribution in [0.25, 0.3) is 0 Å². The number of likely N-dealkylation sites (tertiary alicyclic amines) is 1. The molecule has 1 rings (SSSR count). The molecule has 1 fully saturated rings. The van der Waals surface area contributed by atoms with E-state index in [0.29, 0.717) is 13.0 Å². The topological polar surface area (TPSA) is 91.7 Å². The van der Waals surface area contributed by atoms with Gasteiger partial charge in [-0.25, -0.2) is 9.59 Å². The molecule has 25 heavy (non-hydrogen) atoms. The van der Waals surface area contributed by atoms with Crippen LogP contribution in [0.1, 0.15) is 48.0 Å². The van der Waals surface area contributed by atoms with Crippen molar-refractivity contribution >= 4 is 12.2 Å². The number of hydrogen-bond donors (Lipinski definition) is 1. The standard InChI is InChI=1S/C18H27N3O4/c1-17(2,3)24-15(22)20-9-7-8-13-10-14(11-19)21(12-13)16(23)25-18(4,5)6/h13-14H,9-10,12H2,1-6H3,(H,20,22)/t13-,14-/m0/s1. The summed E-state index contributed by atoms with van der Waals surface area (Å²) in [4.78, 5) is 25.1. The highest BCUT2D eigenvalue weighted by Crippen LogP contribution is 2.24. The van der Waals surface area contributed by atoms with Gasteiger partial charge in [0.2, 0.25) is 0 Å². The first-order chi connectivity index (χ1) is 11.4. The minimum Gasteiger partial charge on any atom is -0.444 e. The zero-order chi connectivity index (χ0) is 19.3. The summed E-state index contributed by atoms with van der Waals surface area (Å²) in [6.45, 7) is 11.2. The van der Waals surface area contributed by atoms with Crippen LogP contribution >= 0.6 is 0 Å². The molecule has 0 aromatic rings. The van der Waals surface area contributed by atoms with Gasteiger partial charge in [0.1, 0.15) is 17.2 Å². The first-order valence-corrected chi connectivity index (χ1v) is 8.26. The maximum atomic E-state index is 12.2. The Morgan fingerprint density at radius 3 is 2.28 bits per heavy atom. The molecule has 1 aliphatic heterocycles. The predicted molar refractivity (Wildman–Crippen MR) is 92.5 cm³/mol. The average molecular weight is 349 g/mol. The summed E-state index contributed by atoms with van der Waals surface area (Å²) in [5.41, 5.74) is -1.17. The van der Waals surface area contributed by atoms with Gasteiger partial charge in [0.15, 0.2) is 0 Å². The normalized spacial score (nSPS) is 20.1. The molecule has 0 saturated carbocycles. The first kappa shape index (κ1) is 20.6. The number of nitrogens with zero attached hydrogens (tertiary/aromatic N) is 2. The largest absolute Gasteiger partial charge is 0.444 e. The second kappa shape index (κ2) is 8.11. The first-order valence-electron chi connectivity index (χ1n) is 8.26. The summed E-state index contributed by atoms with van der Waals surface area (Å²) in [6.07, 6.45) is -0.566. The van der Waals surface area contributed by atoms with E-state index >= 15 is 0 Å². The highest BCUT2D eigenvalue weighted by Gasteiger charge is 2.37. The summed E-state index contributed by atoms with van der Waals surface area (Å²) >= 11 is 0. The van der Waals surface area contributed by atoms with Crippen molar-refractivity contribution in [2.75, 3.05) is 13.1 Å². The van der Waals surface area contributed by atoms with Crippen LogP contribution in [0.2, 0.25) is 0 Å². The molecule has 138 valence electrons. The lowest BCUT2D eigenvalue weighted by atomic mass is 10.1. The number of nitrogens with one attached hydrogen (secondary N) is 1. The fraction of sp³-hybridized carbons (Fsp3) is 0.722. The van der Waals surface area contributed by atoms with E-state index in [1.807, 2.05) is 0 Å². The van der Waals surface area contributed by atoms with E-state index in [0.717, 1.165) is 0 Å². The van der Waals surface area contributed by atoms with Crippen molar-refractivity contribution < 1.29 is 19.1 Å². The molecule has 1 N–H and O–H groups in total. The van der Waals surface area contributed by atoms with Crippen molar-refractivity contribution in [3.63, 3.8) is 0 Å². The van der Waals surface area contributed by atoms with Crippen molar-refractivity contribution in [1.29, 1.82) is 5.26 Å². The quantitative estimate of drug-likeness (QED) is 0.735. The third kappa shape index (κ3) is 7.80. The van der Waals surface area contributed by atoms with Crippen LogP contribution < -0.4 is 5.32 Å². The molecular weight excluding hydrogens is 322 g/mol. The van der Waals surface area contributed by atoms with E-state index in [9.17, 15) is 14.9 Å². The van der Waals surface area contributed by atoms with Gasteiger partial charge in [0.05, 0.1) is 12.6 Å². The van der Waals surface area contributed by atoms with Gasteiger partial charge in [-0.1, -0.05) is 11.8 Å². The number of nitriles is 1.